The first-order chi connectivity index (χ1) is 14.9. The Morgan fingerprint density at radius 2 is 1.81 bits per heavy atom. The molecule has 0 aliphatic carbocycles. The lowest BCUT2D eigenvalue weighted by atomic mass is 10.3. The first-order valence-electron chi connectivity index (χ1n) is 9.89. The molecule has 1 atom stereocenters. The van der Waals surface area contributed by atoms with Gasteiger partial charge in [-0.3, -0.25) is 9.36 Å². The van der Waals surface area contributed by atoms with Gasteiger partial charge in [0.05, 0.1) is 12.4 Å². The zero-order chi connectivity index (χ0) is 22.4. The van der Waals surface area contributed by atoms with Gasteiger partial charge >= 0.3 is 5.97 Å². The number of carbonyl (C=O) groups excluding carboxylic acids is 1. The third kappa shape index (κ3) is 6.04. The number of esters is 1. The summed E-state index contributed by atoms with van der Waals surface area (Å²) >= 11 is 2.74. The average Bonchev–Trinajstić information content (AvgIpc) is 3.13. The minimum Gasteiger partial charge on any atom is -0.465 e. The molecular weight excluding hydrogens is 437 g/mol. The fraction of sp³-hybridized carbons (Fsp3) is 0.381. The Kier molecular flexibility index (Phi) is 8.03. The van der Waals surface area contributed by atoms with Crippen molar-refractivity contribution in [3.8, 4) is 5.69 Å². The molecule has 2 aromatic heterocycles. The van der Waals surface area contributed by atoms with E-state index in [1.807, 2.05) is 31.4 Å². The molecule has 0 bridgehead atoms. The van der Waals surface area contributed by atoms with E-state index in [9.17, 15) is 9.18 Å². The van der Waals surface area contributed by atoms with Crippen molar-refractivity contribution in [1.29, 1.82) is 0 Å². The van der Waals surface area contributed by atoms with Crippen LogP contribution in [0.2, 0.25) is 0 Å². The molecule has 0 aliphatic heterocycles. The summed E-state index contributed by atoms with van der Waals surface area (Å²) in [4.78, 5) is 21.2. The van der Waals surface area contributed by atoms with Crippen molar-refractivity contribution in [1.82, 2.24) is 24.7 Å². The number of ether oxygens (including phenoxy) is 1. The van der Waals surface area contributed by atoms with Gasteiger partial charge in [-0.2, -0.15) is 0 Å². The van der Waals surface area contributed by atoms with Crippen molar-refractivity contribution in [3.63, 3.8) is 0 Å². The smallest absolute Gasteiger partial charge is 0.319 e. The van der Waals surface area contributed by atoms with Crippen LogP contribution >= 0.6 is 23.5 Å². The summed E-state index contributed by atoms with van der Waals surface area (Å²) in [5, 5.41) is 9.44. The average molecular weight is 462 g/mol. The number of hydrogen-bond donors (Lipinski definition) is 0. The van der Waals surface area contributed by atoms with E-state index in [2.05, 4.69) is 20.2 Å². The fourth-order valence-corrected chi connectivity index (χ4v) is 4.72. The van der Waals surface area contributed by atoms with Crippen LogP contribution in [0.3, 0.4) is 0 Å². The Bertz CT molecular complexity index is 1020. The summed E-state index contributed by atoms with van der Waals surface area (Å²) in [6, 6.07) is 8.01. The van der Waals surface area contributed by atoms with Gasteiger partial charge in [-0.1, -0.05) is 30.4 Å². The Morgan fingerprint density at radius 1 is 1.13 bits per heavy atom. The molecule has 0 aliphatic rings. The van der Waals surface area contributed by atoms with Gasteiger partial charge in [0.15, 0.2) is 10.3 Å². The number of benzene rings is 1. The SMILES string of the molecule is CCOC(=O)C(CC)Sc1nnc(CSc2nc(C)cc(C)n2)n1-c1ccc(F)cc1. The molecule has 3 rings (SSSR count). The van der Waals surface area contributed by atoms with Crippen LogP contribution in [0.25, 0.3) is 5.69 Å². The molecule has 0 fully saturated rings. The normalized spacial score (nSPS) is 12.0. The van der Waals surface area contributed by atoms with Crippen LogP contribution < -0.4 is 0 Å². The van der Waals surface area contributed by atoms with Crippen molar-refractivity contribution < 1.29 is 13.9 Å². The molecule has 2 heterocycles. The van der Waals surface area contributed by atoms with E-state index in [1.54, 1.807) is 19.1 Å². The highest BCUT2D eigenvalue weighted by Gasteiger charge is 2.24. The number of halogens is 1. The number of carbonyl (C=O) groups is 1. The Hall–Kier alpha value is -2.46. The standard InChI is InChI=1S/C21H24FN5O2S2/c1-5-17(19(28)29-6-2)31-21-26-25-18(27(21)16-9-7-15(22)8-10-16)12-30-20-23-13(3)11-14(4)24-20/h7-11,17H,5-6,12H2,1-4H3. The minimum atomic E-state index is -0.411. The molecule has 10 heteroatoms. The lowest BCUT2D eigenvalue weighted by Gasteiger charge is -2.14. The van der Waals surface area contributed by atoms with E-state index in [4.69, 9.17) is 4.74 Å². The first-order valence-corrected chi connectivity index (χ1v) is 11.8. The van der Waals surface area contributed by atoms with E-state index in [0.29, 0.717) is 40.6 Å². The van der Waals surface area contributed by atoms with Crippen LogP contribution in [0, 0.1) is 19.7 Å². The van der Waals surface area contributed by atoms with Crippen LogP contribution in [0.5, 0.6) is 0 Å². The number of nitrogens with zero attached hydrogens (tertiary/aromatic N) is 5. The van der Waals surface area contributed by atoms with E-state index in [0.717, 1.165) is 11.4 Å². The Balaban J connectivity index is 1.91. The lowest BCUT2D eigenvalue weighted by Crippen LogP contribution is -2.20. The zero-order valence-corrected chi connectivity index (χ0v) is 19.5. The lowest BCUT2D eigenvalue weighted by molar-refractivity contribution is -0.142. The predicted octanol–water partition coefficient (Wildman–Crippen LogP) is 4.54. The van der Waals surface area contributed by atoms with E-state index in [1.165, 1.54) is 35.7 Å². The van der Waals surface area contributed by atoms with E-state index in [-0.39, 0.29) is 11.8 Å². The number of aryl methyl sites for hydroxylation is 2. The van der Waals surface area contributed by atoms with Crippen LogP contribution in [0.1, 0.15) is 37.5 Å². The van der Waals surface area contributed by atoms with Gasteiger partial charge in [0.1, 0.15) is 16.9 Å². The fourth-order valence-electron chi connectivity index (χ4n) is 2.87. The van der Waals surface area contributed by atoms with Crippen LogP contribution in [0.15, 0.2) is 40.6 Å². The van der Waals surface area contributed by atoms with Crippen molar-refractivity contribution >= 4 is 29.5 Å². The second-order valence-electron chi connectivity index (χ2n) is 6.70. The quantitative estimate of drug-likeness (QED) is 0.261. The summed E-state index contributed by atoms with van der Waals surface area (Å²) in [6.07, 6.45) is 0.584. The Labute approximate surface area is 189 Å². The van der Waals surface area contributed by atoms with Gasteiger partial charge < -0.3 is 4.74 Å². The van der Waals surface area contributed by atoms with E-state index >= 15 is 0 Å². The van der Waals surface area contributed by atoms with Gasteiger partial charge in [0.25, 0.3) is 0 Å². The molecular formula is C21H24FN5O2S2. The van der Waals surface area contributed by atoms with Gasteiger partial charge in [0.2, 0.25) is 0 Å². The second kappa shape index (κ2) is 10.7. The maximum absolute atomic E-state index is 13.5. The molecule has 0 amide bonds. The summed E-state index contributed by atoms with van der Waals surface area (Å²) < 4.78 is 20.5. The van der Waals surface area contributed by atoms with Crippen molar-refractivity contribution in [3.05, 3.63) is 53.4 Å². The molecule has 1 aromatic carbocycles. The molecule has 1 unspecified atom stereocenters. The number of thioether (sulfide) groups is 2. The summed E-state index contributed by atoms with van der Waals surface area (Å²) in [7, 11) is 0. The molecule has 0 saturated heterocycles. The topological polar surface area (TPSA) is 82.8 Å². The highest BCUT2D eigenvalue weighted by molar-refractivity contribution is 8.00. The van der Waals surface area contributed by atoms with Crippen LogP contribution in [0.4, 0.5) is 4.39 Å². The minimum absolute atomic E-state index is 0.289. The highest BCUT2D eigenvalue weighted by Crippen LogP contribution is 2.30. The zero-order valence-electron chi connectivity index (χ0n) is 17.8. The molecule has 0 saturated carbocycles. The first kappa shape index (κ1) is 23.2. The van der Waals surface area contributed by atoms with Crippen molar-refractivity contribution in [2.45, 2.75) is 55.4 Å². The molecule has 31 heavy (non-hydrogen) atoms. The summed E-state index contributed by atoms with van der Waals surface area (Å²) in [6.45, 7) is 7.87. The summed E-state index contributed by atoms with van der Waals surface area (Å²) in [5.74, 6) is 0.497. The summed E-state index contributed by atoms with van der Waals surface area (Å²) in [5.41, 5.74) is 2.50. The molecule has 0 spiro atoms. The number of rotatable bonds is 9. The monoisotopic (exact) mass is 461 g/mol. The third-order valence-electron chi connectivity index (χ3n) is 4.25. The van der Waals surface area contributed by atoms with Gasteiger partial charge in [-0.25, -0.2) is 14.4 Å². The molecule has 0 radical (unpaired) electrons. The van der Waals surface area contributed by atoms with Crippen LogP contribution in [-0.4, -0.2) is 42.6 Å². The van der Waals surface area contributed by atoms with Crippen LogP contribution in [-0.2, 0) is 15.3 Å². The molecule has 0 N–H and O–H groups in total. The van der Waals surface area contributed by atoms with Crippen molar-refractivity contribution in [2.24, 2.45) is 0 Å². The molecule has 7 nitrogen and oxygen atoms in total. The molecule has 3 aromatic rings. The predicted molar refractivity (Wildman–Crippen MR) is 119 cm³/mol. The largest absolute Gasteiger partial charge is 0.465 e. The maximum Gasteiger partial charge on any atom is 0.319 e. The molecule has 164 valence electrons. The van der Waals surface area contributed by atoms with Gasteiger partial charge in [0, 0.05) is 17.1 Å². The van der Waals surface area contributed by atoms with E-state index < -0.39 is 5.25 Å². The van der Waals surface area contributed by atoms with Gasteiger partial charge in [-0.05, 0) is 57.5 Å². The number of aromatic nitrogens is 5. The van der Waals surface area contributed by atoms with Crippen molar-refractivity contribution in [2.75, 3.05) is 6.61 Å². The Morgan fingerprint density at radius 3 is 2.42 bits per heavy atom. The maximum atomic E-state index is 13.5. The second-order valence-corrected chi connectivity index (χ2v) is 8.81. The third-order valence-corrected chi connectivity index (χ3v) is 6.37. The number of hydrogen-bond acceptors (Lipinski definition) is 8. The van der Waals surface area contributed by atoms with Gasteiger partial charge in [-0.15, -0.1) is 10.2 Å². The highest BCUT2D eigenvalue weighted by atomic mass is 32.2.